The van der Waals surface area contributed by atoms with Crippen LogP contribution in [0.5, 0.6) is 11.5 Å². The van der Waals surface area contributed by atoms with Crippen LogP contribution in [-0.4, -0.2) is 39.1 Å². The zero-order valence-corrected chi connectivity index (χ0v) is 16.1. The Balaban J connectivity index is 1.71. The lowest BCUT2D eigenvalue weighted by atomic mass is 10.1. The first kappa shape index (κ1) is 20.6. The third-order valence-electron chi connectivity index (χ3n) is 3.94. The topological polar surface area (TPSA) is 76.7 Å². The average Bonchev–Trinajstić information content (AvgIpc) is 2.68. The molecule has 0 aromatic heterocycles. The van der Waals surface area contributed by atoms with Crippen LogP contribution >= 0.6 is 11.6 Å². The molecule has 7 heteroatoms. The lowest BCUT2D eigenvalue weighted by Crippen LogP contribution is -2.31. The van der Waals surface area contributed by atoms with Crippen molar-refractivity contribution in [2.45, 2.75) is 12.8 Å². The van der Waals surface area contributed by atoms with Crippen LogP contribution < -0.4 is 20.1 Å². The number of benzene rings is 2. The molecule has 144 valence electrons. The molecule has 0 aliphatic rings. The van der Waals surface area contributed by atoms with Crippen molar-refractivity contribution in [3.63, 3.8) is 0 Å². The molecule has 0 radical (unpaired) electrons. The molecule has 0 bridgehead atoms. The molecule has 2 rings (SSSR count). The summed E-state index contributed by atoms with van der Waals surface area (Å²) in [7, 11) is 3.17. The molecule has 27 heavy (non-hydrogen) atoms. The van der Waals surface area contributed by atoms with Gasteiger partial charge in [0, 0.05) is 19.5 Å². The average molecular weight is 391 g/mol. The van der Waals surface area contributed by atoms with E-state index in [9.17, 15) is 9.59 Å². The van der Waals surface area contributed by atoms with Crippen LogP contribution in [-0.2, 0) is 11.2 Å². The number of methoxy groups -OCH3 is 2. The molecule has 0 aliphatic heterocycles. The molecule has 0 aliphatic carbocycles. The maximum atomic E-state index is 12.0. The fourth-order valence-corrected chi connectivity index (χ4v) is 2.72. The summed E-state index contributed by atoms with van der Waals surface area (Å²) in [5, 5.41) is 5.91. The minimum atomic E-state index is -0.293. The summed E-state index contributed by atoms with van der Waals surface area (Å²) in [5.74, 6) is 0.900. The van der Waals surface area contributed by atoms with Crippen LogP contribution in [0.15, 0.2) is 42.5 Å². The number of rotatable bonds is 9. The first-order valence-electron chi connectivity index (χ1n) is 8.55. The Hall–Kier alpha value is -2.73. The zero-order chi connectivity index (χ0) is 19.6. The molecule has 0 spiro atoms. The number of halogens is 1. The van der Waals surface area contributed by atoms with Crippen molar-refractivity contribution in [2.75, 3.05) is 27.3 Å². The Labute approximate surface area is 163 Å². The summed E-state index contributed by atoms with van der Waals surface area (Å²) in [6.45, 7) is 0.735. The maximum absolute atomic E-state index is 12.0. The molecule has 2 amide bonds. The summed E-state index contributed by atoms with van der Waals surface area (Å²) in [5.41, 5.74) is 1.42. The van der Waals surface area contributed by atoms with E-state index in [4.69, 9.17) is 21.1 Å². The van der Waals surface area contributed by atoms with Gasteiger partial charge in [-0.25, -0.2) is 0 Å². The summed E-state index contributed by atoms with van der Waals surface area (Å²) >= 11 is 5.97. The molecule has 2 aromatic rings. The summed E-state index contributed by atoms with van der Waals surface area (Å²) in [6, 6.07) is 12.4. The number of hydrogen-bond donors (Lipinski definition) is 2. The third-order valence-corrected chi connectivity index (χ3v) is 4.27. The highest BCUT2D eigenvalue weighted by atomic mass is 35.5. The van der Waals surface area contributed by atoms with Crippen molar-refractivity contribution < 1.29 is 19.1 Å². The molecule has 6 nitrogen and oxygen atoms in total. The van der Waals surface area contributed by atoms with Crippen LogP contribution in [0.25, 0.3) is 0 Å². The van der Waals surface area contributed by atoms with E-state index >= 15 is 0 Å². The van der Waals surface area contributed by atoms with E-state index in [1.54, 1.807) is 38.5 Å². The minimum absolute atomic E-state index is 0.130. The second kappa shape index (κ2) is 10.4. The number of amides is 2. The Morgan fingerprint density at radius 3 is 2.41 bits per heavy atom. The molecule has 2 N–H and O–H groups in total. The van der Waals surface area contributed by atoms with Crippen molar-refractivity contribution >= 4 is 23.4 Å². The van der Waals surface area contributed by atoms with Crippen LogP contribution in [0.1, 0.15) is 22.3 Å². The smallest absolute Gasteiger partial charge is 0.252 e. The van der Waals surface area contributed by atoms with Gasteiger partial charge >= 0.3 is 0 Å². The highest BCUT2D eigenvalue weighted by molar-refractivity contribution is 6.33. The summed E-state index contributed by atoms with van der Waals surface area (Å²) in [4.78, 5) is 23.9. The predicted octanol–water partition coefficient (Wildman–Crippen LogP) is 2.84. The molecule has 0 fully saturated rings. The molecule has 0 atom stereocenters. The molecule has 2 aromatic carbocycles. The third kappa shape index (κ3) is 6.18. The van der Waals surface area contributed by atoms with Gasteiger partial charge in [0.05, 0.1) is 24.8 Å². The van der Waals surface area contributed by atoms with Crippen LogP contribution in [0, 0.1) is 0 Å². The lowest BCUT2D eigenvalue weighted by molar-refractivity contribution is -0.120. The standard InChI is InChI=1S/C20H23ClN2O4/c1-26-17-8-7-14(13-18(17)27-2)9-11-22-19(24)10-12-23-20(25)15-5-3-4-6-16(15)21/h3-8,13H,9-12H2,1-2H3,(H,22,24)(H,23,25). The van der Waals surface area contributed by atoms with Crippen molar-refractivity contribution in [3.8, 4) is 11.5 Å². The molecular formula is C20H23ClN2O4. The van der Waals surface area contributed by atoms with E-state index < -0.39 is 0 Å². The highest BCUT2D eigenvalue weighted by Gasteiger charge is 2.10. The van der Waals surface area contributed by atoms with Gasteiger partial charge in [-0.05, 0) is 36.2 Å². The van der Waals surface area contributed by atoms with Gasteiger partial charge in [0.15, 0.2) is 11.5 Å². The van der Waals surface area contributed by atoms with Crippen molar-refractivity contribution in [2.24, 2.45) is 0 Å². The molecule has 0 heterocycles. The summed E-state index contributed by atoms with van der Waals surface area (Å²) in [6.07, 6.45) is 0.861. The number of hydrogen-bond acceptors (Lipinski definition) is 4. The predicted molar refractivity (Wildman–Crippen MR) is 105 cm³/mol. The normalized spacial score (nSPS) is 10.2. The van der Waals surface area contributed by atoms with Gasteiger partial charge < -0.3 is 20.1 Å². The van der Waals surface area contributed by atoms with Gasteiger partial charge in [0.2, 0.25) is 5.91 Å². The second-order valence-corrected chi connectivity index (χ2v) is 6.18. The van der Waals surface area contributed by atoms with E-state index in [-0.39, 0.29) is 24.8 Å². The second-order valence-electron chi connectivity index (χ2n) is 5.78. The maximum Gasteiger partial charge on any atom is 0.252 e. The van der Waals surface area contributed by atoms with Crippen LogP contribution in [0.2, 0.25) is 5.02 Å². The van der Waals surface area contributed by atoms with E-state index in [0.29, 0.717) is 35.1 Å². The van der Waals surface area contributed by atoms with Gasteiger partial charge in [-0.15, -0.1) is 0 Å². The monoisotopic (exact) mass is 390 g/mol. The Kier molecular flexibility index (Phi) is 7.95. The zero-order valence-electron chi connectivity index (χ0n) is 15.4. The quantitative estimate of drug-likeness (QED) is 0.690. The van der Waals surface area contributed by atoms with Gasteiger partial charge in [0.1, 0.15) is 0 Å². The fraction of sp³-hybridized carbons (Fsp3) is 0.300. The van der Waals surface area contributed by atoms with E-state index in [2.05, 4.69) is 10.6 Å². The molecule has 0 unspecified atom stereocenters. The SMILES string of the molecule is COc1ccc(CCNC(=O)CCNC(=O)c2ccccc2Cl)cc1OC. The van der Waals surface area contributed by atoms with Crippen molar-refractivity contribution in [1.29, 1.82) is 0 Å². The lowest BCUT2D eigenvalue weighted by Gasteiger charge is -2.10. The Bertz CT molecular complexity index is 795. The van der Waals surface area contributed by atoms with Gasteiger partial charge in [-0.1, -0.05) is 29.8 Å². The van der Waals surface area contributed by atoms with E-state index in [0.717, 1.165) is 5.56 Å². The largest absolute Gasteiger partial charge is 0.493 e. The highest BCUT2D eigenvalue weighted by Crippen LogP contribution is 2.27. The van der Waals surface area contributed by atoms with E-state index in [1.165, 1.54) is 0 Å². The number of nitrogens with one attached hydrogen (secondary N) is 2. The van der Waals surface area contributed by atoms with Crippen LogP contribution in [0.3, 0.4) is 0 Å². The van der Waals surface area contributed by atoms with Gasteiger partial charge in [0.25, 0.3) is 5.91 Å². The van der Waals surface area contributed by atoms with E-state index in [1.807, 2.05) is 18.2 Å². The summed E-state index contributed by atoms with van der Waals surface area (Å²) < 4.78 is 10.5. The van der Waals surface area contributed by atoms with Crippen molar-refractivity contribution in [1.82, 2.24) is 10.6 Å². The van der Waals surface area contributed by atoms with Gasteiger partial charge in [-0.2, -0.15) is 0 Å². The molecular weight excluding hydrogens is 368 g/mol. The Morgan fingerprint density at radius 2 is 1.70 bits per heavy atom. The fourth-order valence-electron chi connectivity index (χ4n) is 2.50. The number of carbonyl (C=O) groups excluding carboxylic acids is 2. The number of ether oxygens (including phenoxy) is 2. The Morgan fingerprint density at radius 1 is 0.963 bits per heavy atom. The minimum Gasteiger partial charge on any atom is -0.493 e. The molecule has 0 saturated carbocycles. The van der Waals surface area contributed by atoms with Crippen molar-refractivity contribution in [3.05, 3.63) is 58.6 Å². The van der Waals surface area contributed by atoms with Crippen LogP contribution in [0.4, 0.5) is 0 Å². The first-order chi connectivity index (χ1) is 13.0. The number of carbonyl (C=O) groups is 2. The van der Waals surface area contributed by atoms with Gasteiger partial charge in [-0.3, -0.25) is 9.59 Å². The first-order valence-corrected chi connectivity index (χ1v) is 8.93. The molecule has 0 saturated heterocycles.